The third-order valence-electron chi connectivity index (χ3n) is 8.38. The Morgan fingerprint density at radius 3 is 2.57 bits per heavy atom. The molecular formula is C27H44O3. The molecule has 3 saturated carbocycles. The van der Waals surface area contributed by atoms with Crippen molar-refractivity contribution in [1.29, 1.82) is 0 Å². The average molecular weight is 417 g/mol. The molecule has 3 aliphatic carbocycles. The van der Waals surface area contributed by atoms with E-state index in [1.165, 1.54) is 31.3 Å². The van der Waals surface area contributed by atoms with E-state index in [0.29, 0.717) is 41.9 Å². The van der Waals surface area contributed by atoms with Crippen LogP contribution >= 0.6 is 0 Å². The molecule has 0 saturated heterocycles. The highest BCUT2D eigenvalue weighted by atomic mass is 16.3. The molecule has 2 unspecified atom stereocenters. The summed E-state index contributed by atoms with van der Waals surface area (Å²) in [7, 11) is 0. The van der Waals surface area contributed by atoms with Gasteiger partial charge in [0.15, 0.2) is 0 Å². The van der Waals surface area contributed by atoms with Crippen molar-refractivity contribution in [3.8, 4) is 0 Å². The summed E-state index contributed by atoms with van der Waals surface area (Å²) in [6.45, 7) is 13.3. The van der Waals surface area contributed by atoms with Crippen molar-refractivity contribution in [2.75, 3.05) is 0 Å². The van der Waals surface area contributed by atoms with Crippen LogP contribution in [0.25, 0.3) is 0 Å². The molecule has 3 heteroatoms. The average Bonchev–Trinajstić information content (AvgIpc) is 3.00. The van der Waals surface area contributed by atoms with Crippen LogP contribution in [0.3, 0.4) is 0 Å². The molecule has 3 fully saturated rings. The molecule has 3 N–H and O–H groups in total. The summed E-state index contributed by atoms with van der Waals surface area (Å²) < 4.78 is 0. The van der Waals surface area contributed by atoms with E-state index < -0.39 is 12.2 Å². The van der Waals surface area contributed by atoms with Gasteiger partial charge in [0, 0.05) is 6.42 Å². The molecule has 0 amide bonds. The monoisotopic (exact) mass is 416 g/mol. The summed E-state index contributed by atoms with van der Waals surface area (Å²) in [4.78, 5) is 0. The summed E-state index contributed by atoms with van der Waals surface area (Å²) in [5, 5.41) is 30.7. The van der Waals surface area contributed by atoms with Gasteiger partial charge in [-0.05, 0) is 91.6 Å². The summed E-state index contributed by atoms with van der Waals surface area (Å²) in [6, 6.07) is 0. The van der Waals surface area contributed by atoms with Gasteiger partial charge in [0.1, 0.15) is 0 Å². The van der Waals surface area contributed by atoms with Gasteiger partial charge in [-0.3, -0.25) is 0 Å². The van der Waals surface area contributed by atoms with Crippen LogP contribution in [0.5, 0.6) is 0 Å². The molecule has 0 radical (unpaired) electrons. The van der Waals surface area contributed by atoms with Crippen molar-refractivity contribution >= 4 is 0 Å². The zero-order valence-corrected chi connectivity index (χ0v) is 19.6. The highest BCUT2D eigenvalue weighted by Gasteiger charge is 2.50. The van der Waals surface area contributed by atoms with Crippen molar-refractivity contribution in [3.05, 3.63) is 35.5 Å². The molecule has 0 bridgehead atoms. The predicted molar refractivity (Wildman–Crippen MR) is 124 cm³/mol. The number of hydrogen-bond acceptors (Lipinski definition) is 3. The van der Waals surface area contributed by atoms with E-state index in [9.17, 15) is 15.3 Å². The minimum atomic E-state index is -0.621. The SMILES string of the molecule is C=C1/C(=C\C=C2/CCC[C@]3(C)[C@@H]([C@H](C)CC(O)CC(C)C)CC[C@@H]23)C[C@@H](O)CC1O. The number of hydrogen-bond donors (Lipinski definition) is 3. The Balaban J connectivity index is 1.73. The van der Waals surface area contributed by atoms with E-state index in [1.54, 1.807) is 0 Å². The van der Waals surface area contributed by atoms with Crippen LogP contribution < -0.4 is 0 Å². The number of aliphatic hydroxyl groups excluding tert-OH is 3. The molecule has 3 aliphatic rings. The first-order chi connectivity index (χ1) is 14.1. The molecule has 0 aromatic carbocycles. The largest absolute Gasteiger partial charge is 0.393 e. The first-order valence-electron chi connectivity index (χ1n) is 12.2. The number of aliphatic hydroxyl groups is 3. The van der Waals surface area contributed by atoms with Crippen LogP contribution in [-0.4, -0.2) is 33.6 Å². The molecule has 3 rings (SSSR count). The Morgan fingerprint density at radius 1 is 1.13 bits per heavy atom. The number of rotatable bonds is 6. The lowest BCUT2D eigenvalue weighted by Gasteiger charge is -2.44. The predicted octanol–water partition coefficient (Wildman–Crippen LogP) is 5.56. The van der Waals surface area contributed by atoms with Gasteiger partial charge < -0.3 is 15.3 Å². The minimum Gasteiger partial charge on any atom is -0.393 e. The van der Waals surface area contributed by atoms with E-state index in [-0.39, 0.29) is 6.10 Å². The Bertz CT molecular complexity index is 676. The molecule has 7 atom stereocenters. The lowest BCUT2D eigenvalue weighted by molar-refractivity contribution is 0.0571. The Kier molecular flexibility index (Phi) is 7.69. The zero-order valence-electron chi connectivity index (χ0n) is 19.6. The highest BCUT2D eigenvalue weighted by Crippen LogP contribution is 2.60. The van der Waals surface area contributed by atoms with Gasteiger partial charge in [0.25, 0.3) is 0 Å². The van der Waals surface area contributed by atoms with Crippen LogP contribution in [0.15, 0.2) is 35.5 Å². The standard InChI is InChI=1S/C27H44O3/c1-17(2)13-22(28)14-18(3)24-10-11-25-20(7-6-12-27(24,25)5)8-9-21-15-23(29)16-26(30)19(21)4/h8-9,17-18,22-26,28-30H,4,6-7,10-16H2,1-3,5H3/b20-8+,21-9-/t18-,22?,23-,24-,25+,26?,27-/m1/s1. The zero-order chi connectivity index (χ0) is 22.1. The topological polar surface area (TPSA) is 60.7 Å². The Morgan fingerprint density at radius 2 is 1.87 bits per heavy atom. The van der Waals surface area contributed by atoms with E-state index in [1.807, 2.05) is 0 Å². The Labute approximate surface area is 184 Å². The van der Waals surface area contributed by atoms with Crippen LogP contribution in [0.2, 0.25) is 0 Å². The van der Waals surface area contributed by atoms with Crippen molar-refractivity contribution in [1.82, 2.24) is 0 Å². The smallest absolute Gasteiger partial charge is 0.0811 e. The van der Waals surface area contributed by atoms with Gasteiger partial charge in [-0.15, -0.1) is 0 Å². The maximum absolute atomic E-state index is 10.5. The molecule has 0 spiro atoms. The maximum Gasteiger partial charge on any atom is 0.0811 e. The molecule has 30 heavy (non-hydrogen) atoms. The fraction of sp³-hybridized carbons (Fsp3) is 0.778. The normalized spacial score (nSPS) is 39.5. The van der Waals surface area contributed by atoms with Crippen molar-refractivity contribution in [3.63, 3.8) is 0 Å². The lowest BCUT2D eigenvalue weighted by Crippen LogP contribution is -2.36. The van der Waals surface area contributed by atoms with Gasteiger partial charge in [-0.2, -0.15) is 0 Å². The van der Waals surface area contributed by atoms with Crippen LogP contribution in [0.1, 0.15) is 85.5 Å². The van der Waals surface area contributed by atoms with Crippen LogP contribution in [0.4, 0.5) is 0 Å². The number of allylic oxidation sites excluding steroid dienone is 3. The molecule has 0 heterocycles. The number of fused-ring (bicyclic) bond motifs is 1. The molecule has 170 valence electrons. The van der Waals surface area contributed by atoms with Gasteiger partial charge in [-0.25, -0.2) is 0 Å². The lowest BCUT2D eigenvalue weighted by atomic mass is 9.60. The molecular weight excluding hydrogens is 372 g/mol. The van der Waals surface area contributed by atoms with Crippen molar-refractivity contribution in [2.45, 2.75) is 104 Å². The quantitative estimate of drug-likeness (QED) is 0.531. The van der Waals surface area contributed by atoms with Gasteiger partial charge in [-0.1, -0.05) is 52.0 Å². The van der Waals surface area contributed by atoms with E-state index >= 15 is 0 Å². The van der Waals surface area contributed by atoms with E-state index in [0.717, 1.165) is 30.4 Å². The summed E-state index contributed by atoms with van der Waals surface area (Å²) in [5.41, 5.74) is 3.63. The highest BCUT2D eigenvalue weighted by molar-refractivity contribution is 5.38. The Hall–Kier alpha value is -0.900. The third kappa shape index (κ3) is 5.11. The summed E-state index contributed by atoms with van der Waals surface area (Å²) in [6.07, 6.45) is 12.1. The second-order valence-electron chi connectivity index (χ2n) is 11.2. The molecule has 0 aromatic heterocycles. The maximum atomic E-state index is 10.5. The van der Waals surface area contributed by atoms with E-state index in [4.69, 9.17) is 0 Å². The van der Waals surface area contributed by atoms with Crippen molar-refractivity contribution < 1.29 is 15.3 Å². The van der Waals surface area contributed by atoms with Gasteiger partial charge in [0.2, 0.25) is 0 Å². The molecule has 3 nitrogen and oxygen atoms in total. The van der Waals surface area contributed by atoms with Gasteiger partial charge >= 0.3 is 0 Å². The fourth-order valence-electron chi connectivity index (χ4n) is 6.91. The molecule has 0 aliphatic heterocycles. The second-order valence-corrected chi connectivity index (χ2v) is 11.2. The molecule has 0 aromatic rings. The van der Waals surface area contributed by atoms with Crippen molar-refractivity contribution in [2.24, 2.45) is 29.1 Å². The summed E-state index contributed by atoms with van der Waals surface area (Å²) in [5.74, 6) is 2.39. The van der Waals surface area contributed by atoms with Crippen LogP contribution in [0, 0.1) is 29.1 Å². The minimum absolute atomic E-state index is 0.179. The van der Waals surface area contributed by atoms with E-state index in [2.05, 4.69) is 46.4 Å². The summed E-state index contributed by atoms with van der Waals surface area (Å²) >= 11 is 0. The van der Waals surface area contributed by atoms with Gasteiger partial charge in [0.05, 0.1) is 18.3 Å². The van der Waals surface area contributed by atoms with Crippen LogP contribution in [-0.2, 0) is 0 Å². The first kappa shape index (κ1) is 23.8. The third-order valence-corrected chi connectivity index (χ3v) is 8.38. The second kappa shape index (κ2) is 9.71. The first-order valence-corrected chi connectivity index (χ1v) is 12.2. The fourth-order valence-corrected chi connectivity index (χ4v) is 6.91.